The molecule has 0 spiro atoms. The van der Waals surface area contributed by atoms with Crippen molar-refractivity contribution in [2.24, 2.45) is 0 Å². The number of H-pyrrole nitrogens is 1. The molecule has 2 aliphatic heterocycles. The molecule has 0 saturated carbocycles. The number of amides is 1. The standard InChI is InChI=1S/C18H16FN5O3/c19-12-3-1-2-11-15(25)6-13(21-17(11)12)18(26)23-5-4-16-14(8-23)24-10(9-27-16)7-20-22-24/h1-3,6-7,14,16H,4-5,8-9H2,(H,21,25)/t14-,16+/m1/s1. The second-order valence-electron chi connectivity index (χ2n) is 6.84. The minimum atomic E-state index is -0.564. The quantitative estimate of drug-likeness (QED) is 0.697. The Morgan fingerprint density at radius 2 is 2.26 bits per heavy atom. The van der Waals surface area contributed by atoms with Crippen molar-refractivity contribution >= 4 is 16.8 Å². The van der Waals surface area contributed by atoms with E-state index in [2.05, 4.69) is 15.3 Å². The highest BCUT2D eigenvalue weighted by molar-refractivity contribution is 5.95. The van der Waals surface area contributed by atoms with Crippen LogP contribution < -0.4 is 5.43 Å². The van der Waals surface area contributed by atoms with Crippen molar-refractivity contribution in [1.29, 1.82) is 0 Å². The van der Waals surface area contributed by atoms with E-state index in [-0.39, 0.29) is 40.1 Å². The summed E-state index contributed by atoms with van der Waals surface area (Å²) in [6.45, 7) is 1.33. The third-order valence-corrected chi connectivity index (χ3v) is 5.26. The van der Waals surface area contributed by atoms with Gasteiger partial charge in [-0.25, -0.2) is 9.07 Å². The monoisotopic (exact) mass is 369 g/mol. The van der Waals surface area contributed by atoms with Gasteiger partial charge in [0.15, 0.2) is 5.43 Å². The molecule has 9 heteroatoms. The SMILES string of the molecule is O=C(c1cc(=O)c2cccc(F)c2[nH]1)N1CC[C@@H]2OCc3cnnn3[C@@H]2C1. The maximum absolute atomic E-state index is 14.1. The van der Waals surface area contributed by atoms with E-state index in [9.17, 15) is 14.0 Å². The summed E-state index contributed by atoms with van der Waals surface area (Å²) in [5.74, 6) is -0.908. The van der Waals surface area contributed by atoms with E-state index in [4.69, 9.17) is 4.74 Å². The van der Waals surface area contributed by atoms with Gasteiger partial charge in [-0.1, -0.05) is 11.3 Å². The number of nitrogens with zero attached hydrogens (tertiary/aromatic N) is 4. The van der Waals surface area contributed by atoms with Crippen LogP contribution in [0.2, 0.25) is 0 Å². The number of pyridine rings is 1. The van der Waals surface area contributed by atoms with E-state index in [1.54, 1.807) is 15.8 Å². The Labute approximate surface area is 152 Å². The number of likely N-dealkylation sites (tertiary alicyclic amines) is 1. The molecular weight excluding hydrogens is 353 g/mol. The summed E-state index contributed by atoms with van der Waals surface area (Å²) < 4.78 is 21.7. The Bertz CT molecular complexity index is 1110. The van der Waals surface area contributed by atoms with Crippen LogP contribution in [-0.2, 0) is 11.3 Å². The average molecular weight is 369 g/mol. The Hall–Kier alpha value is -3.07. The fraction of sp³-hybridized carbons (Fsp3) is 0.333. The van der Waals surface area contributed by atoms with Gasteiger partial charge < -0.3 is 14.6 Å². The number of para-hydroxylation sites is 1. The van der Waals surface area contributed by atoms with E-state index < -0.39 is 5.82 Å². The van der Waals surface area contributed by atoms with E-state index in [0.29, 0.717) is 26.1 Å². The second kappa shape index (κ2) is 5.98. The Balaban J connectivity index is 1.48. The Kier molecular flexibility index (Phi) is 3.57. The van der Waals surface area contributed by atoms with E-state index in [1.807, 2.05) is 0 Å². The molecule has 8 nitrogen and oxygen atoms in total. The number of piperidine rings is 1. The number of aromatic nitrogens is 4. The maximum Gasteiger partial charge on any atom is 0.270 e. The normalized spacial score (nSPS) is 21.7. The van der Waals surface area contributed by atoms with Gasteiger partial charge in [0.1, 0.15) is 11.5 Å². The molecule has 27 heavy (non-hydrogen) atoms. The van der Waals surface area contributed by atoms with Crippen molar-refractivity contribution in [1.82, 2.24) is 24.9 Å². The second-order valence-corrected chi connectivity index (χ2v) is 6.84. The van der Waals surface area contributed by atoms with E-state index in [1.165, 1.54) is 24.3 Å². The van der Waals surface area contributed by atoms with Crippen LogP contribution in [0.15, 0.2) is 35.3 Å². The van der Waals surface area contributed by atoms with Crippen LogP contribution in [0.5, 0.6) is 0 Å². The van der Waals surface area contributed by atoms with E-state index >= 15 is 0 Å². The zero-order valence-corrected chi connectivity index (χ0v) is 14.3. The van der Waals surface area contributed by atoms with Crippen LogP contribution in [0.25, 0.3) is 10.9 Å². The lowest BCUT2D eigenvalue weighted by atomic mass is 10.00. The molecule has 0 radical (unpaired) electrons. The van der Waals surface area contributed by atoms with Crippen LogP contribution in [-0.4, -0.2) is 50.0 Å². The lowest BCUT2D eigenvalue weighted by Gasteiger charge is -2.40. The minimum Gasteiger partial charge on any atom is -0.370 e. The maximum atomic E-state index is 14.1. The fourth-order valence-electron chi connectivity index (χ4n) is 3.89. The largest absolute Gasteiger partial charge is 0.370 e. The molecule has 2 aromatic heterocycles. The predicted octanol–water partition coefficient (Wildman–Crippen LogP) is 1.24. The summed E-state index contributed by atoms with van der Waals surface area (Å²) in [6, 6.07) is 5.36. The van der Waals surface area contributed by atoms with Gasteiger partial charge in [-0.05, 0) is 18.6 Å². The number of aromatic amines is 1. The first-order valence-electron chi connectivity index (χ1n) is 8.73. The van der Waals surface area contributed by atoms with Crippen LogP contribution >= 0.6 is 0 Å². The molecule has 0 aliphatic carbocycles. The van der Waals surface area contributed by atoms with Gasteiger partial charge in [0.05, 0.1) is 36.2 Å². The van der Waals surface area contributed by atoms with Gasteiger partial charge >= 0.3 is 0 Å². The van der Waals surface area contributed by atoms with Gasteiger partial charge in [0.25, 0.3) is 5.91 Å². The van der Waals surface area contributed by atoms with Gasteiger partial charge in [0.2, 0.25) is 0 Å². The molecule has 1 saturated heterocycles. The smallest absolute Gasteiger partial charge is 0.270 e. The zero-order chi connectivity index (χ0) is 18.5. The highest BCUT2D eigenvalue weighted by Gasteiger charge is 2.38. The van der Waals surface area contributed by atoms with E-state index in [0.717, 1.165) is 5.69 Å². The van der Waals surface area contributed by atoms with Gasteiger partial charge in [-0.2, -0.15) is 0 Å². The number of nitrogens with one attached hydrogen (secondary N) is 1. The molecule has 1 fully saturated rings. The summed E-state index contributed by atoms with van der Waals surface area (Å²) in [5.41, 5.74) is 0.599. The molecule has 1 aromatic carbocycles. The number of rotatable bonds is 1. The molecule has 5 rings (SSSR count). The number of carbonyl (C=O) groups is 1. The Morgan fingerprint density at radius 3 is 3.15 bits per heavy atom. The number of fused-ring (bicyclic) bond motifs is 4. The van der Waals surface area contributed by atoms with Gasteiger partial charge in [0, 0.05) is 24.5 Å². The zero-order valence-electron chi connectivity index (χ0n) is 14.3. The van der Waals surface area contributed by atoms with Crippen molar-refractivity contribution in [3.63, 3.8) is 0 Å². The Morgan fingerprint density at radius 1 is 1.37 bits per heavy atom. The third kappa shape index (κ3) is 2.54. The first-order valence-corrected chi connectivity index (χ1v) is 8.73. The molecule has 4 heterocycles. The summed E-state index contributed by atoms with van der Waals surface area (Å²) in [7, 11) is 0. The molecule has 1 N–H and O–H groups in total. The lowest BCUT2D eigenvalue weighted by Crippen LogP contribution is -2.50. The number of halogens is 1. The lowest BCUT2D eigenvalue weighted by molar-refractivity contribution is -0.0605. The highest BCUT2D eigenvalue weighted by Crippen LogP contribution is 2.30. The van der Waals surface area contributed by atoms with Crippen LogP contribution in [0.3, 0.4) is 0 Å². The topological polar surface area (TPSA) is 93.1 Å². The van der Waals surface area contributed by atoms with Crippen LogP contribution in [0.1, 0.15) is 28.6 Å². The van der Waals surface area contributed by atoms with Crippen molar-refractivity contribution in [2.45, 2.75) is 25.2 Å². The van der Waals surface area contributed by atoms with Gasteiger partial charge in [-0.15, -0.1) is 5.10 Å². The van der Waals surface area contributed by atoms with Crippen LogP contribution in [0.4, 0.5) is 4.39 Å². The summed E-state index contributed by atoms with van der Waals surface area (Å²) >= 11 is 0. The molecule has 0 bridgehead atoms. The summed E-state index contributed by atoms with van der Waals surface area (Å²) in [4.78, 5) is 29.7. The first kappa shape index (κ1) is 16.1. The number of benzene rings is 1. The molecule has 1 amide bonds. The molecule has 0 unspecified atom stereocenters. The molecule has 138 valence electrons. The first-order chi connectivity index (χ1) is 13.1. The van der Waals surface area contributed by atoms with Gasteiger partial charge in [-0.3, -0.25) is 9.59 Å². The minimum absolute atomic E-state index is 0.0312. The number of hydrogen-bond acceptors (Lipinski definition) is 5. The van der Waals surface area contributed by atoms with Crippen molar-refractivity contribution in [2.75, 3.05) is 13.1 Å². The molecule has 3 aromatic rings. The van der Waals surface area contributed by atoms with Crippen molar-refractivity contribution in [3.8, 4) is 0 Å². The molecule has 2 aliphatic rings. The number of hydrogen-bond donors (Lipinski definition) is 1. The fourth-order valence-corrected chi connectivity index (χ4v) is 3.89. The summed E-state index contributed by atoms with van der Waals surface area (Å²) in [5, 5.41) is 8.25. The summed E-state index contributed by atoms with van der Waals surface area (Å²) in [6.07, 6.45) is 2.28. The number of ether oxygens (including phenoxy) is 1. The van der Waals surface area contributed by atoms with Crippen molar-refractivity contribution < 1.29 is 13.9 Å². The molecule has 2 atom stereocenters. The number of carbonyl (C=O) groups excluding carboxylic acids is 1. The van der Waals surface area contributed by atoms with Crippen molar-refractivity contribution in [3.05, 3.63) is 57.9 Å². The highest BCUT2D eigenvalue weighted by atomic mass is 19.1. The van der Waals surface area contributed by atoms with Crippen LogP contribution in [0, 0.1) is 5.82 Å². The molecular formula is C18H16FN5O3. The third-order valence-electron chi connectivity index (χ3n) is 5.26. The average Bonchev–Trinajstić information content (AvgIpc) is 3.17. The predicted molar refractivity (Wildman–Crippen MR) is 92.7 cm³/mol.